The molecule has 7 heteroatoms. The van der Waals surface area contributed by atoms with Gasteiger partial charge in [-0.1, -0.05) is 12.1 Å². The molecule has 2 aromatic rings. The van der Waals surface area contributed by atoms with E-state index in [-0.39, 0.29) is 5.69 Å². The number of piperidine rings is 1. The maximum absolute atomic E-state index is 13.1. The minimum absolute atomic E-state index is 0.0258. The first kappa shape index (κ1) is 20.8. The van der Waals surface area contributed by atoms with Crippen molar-refractivity contribution in [2.45, 2.75) is 32.1 Å². The number of carbonyl (C=O) groups is 2. The molecule has 5 nitrogen and oxygen atoms in total. The molecule has 0 aliphatic carbocycles. The van der Waals surface area contributed by atoms with Crippen molar-refractivity contribution in [2.75, 3.05) is 29.9 Å². The van der Waals surface area contributed by atoms with Crippen LogP contribution in [-0.4, -0.2) is 31.4 Å². The molecule has 0 unspecified atom stereocenters. The van der Waals surface area contributed by atoms with E-state index in [1.807, 2.05) is 0 Å². The zero-order valence-electron chi connectivity index (χ0n) is 16.2. The Kier molecular flexibility index (Phi) is 7.16. The monoisotopic (exact) mass is 401 g/mol. The number of hydrogen-bond acceptors (Lipinski definition) is 3. The Morgan fingerprint density at radius 3 is 2.31 bits per heavy atom. The van der Waals surface area contributed by atoms with Crippen LogP contribution >= 0.6 is 0 Å². The van der Waals surface area contributed by atoms with Crippen LogP contribution in [0, 0.1) is 11.6 Å². The molecule has 0 aromatic heterocycles. The van der Waals surface area contributed by atoms with Gasteiger partial charge in [-0.25, -0.2) is 8.78 Å². The summed E-state index contributed by atoms with van der Waals surface area (Å²) in [6.07, 6.45) is 5.26. The first-order valence-electron chi connectivity index (χ1n) is 9.91. The summed E-state index contributed by atoms with van der Waals surface area (Å²) in [5.74, 6) is -3.83. The first-order valence-corrected chi connectivity index (χ1v) is 9.91. The lowest BCUT2D eigenvalue weighted by atomic mass is 10.1. The Morgan fingerprint density at radius 2 is 1.62 bits per heavy atom. The van der Waals surface area contributed by atoms with Crippen LogP contribution in [0.5, 0.6) is 0 Å². The van der Waals surface area contributed by atoms with Gasteiger partial charge < -0.3 is 15.5 Å². The van der Waals surface area contributed by atoms with E-state index in [1.54, 1.807) is 0 Å². The largest absolute Gasteiger partial charge is 0.372 e. The molecule has 1 aliphatic rings. The minimum atomic E-state index is -1.09. The van der Waals surface area contributed by atoms with Gasteiger partial charge >= 0.3 is 11.8 Å². The van der Waals surface area contributed by atoms with Gasteiger partial charge in [0.1, 0.15) is 0 Å². The first-order chi connectivity index (χ1) is 14.0. The van der Waals surface area contributed by atoms with E-state index in [0.717, 1.165) is 31.6 Å². The third kappa shape index (κ3) is 6.01. The summed E-state index contributed by atoms with van der Waals surface area (Å²) in [4.78, 5) is 26.1. The lowest BCUT2D eigenvalue weighted by molar-refractivity contribution is -0.136. The van der Waals surface area contributed by atoms with E-state index < -0.39 is 23.4 Å². The highest BCUT2D eigenvalue weighted by atomic mass is 19.2. The summed E-state index contributed by atoms with van der Waals surface area (Å²) in [5, 5.41) is 4.78. The Hall–Kier alpha value is -2.96. The third-order valence-electron chi connectivity index (χ3n) is 4.97. The van der Waals surface area contributed by atoms with E-state index in [9.17, 15) is 18.4 Å². The number of hydrogen-bond donors (Lipinski definition) is 2. The smallest absolute Gasteiger partial charge is 0.313 e. The fraction of sp³-hybridized carbons (Fsp3) is 0.364. The van der Waals surface area contributed by atoms with Crippen molar-refractivity contribution in [1.82, 2.24) is 5.32 Å². The van der Waals surface area contributed by atoms with Gasteiger partial charge in [0.15, 0.2) is 11.6 Å². The van der Waals surface area contributed by atoms with Crippen molar-refractivity contribution in [3.8, 4) is 0 Å². The Labute approximate surface area is 169 Å². The number of aryl methyl sites for hydroxylation is 1. The second kappa shape index (κ2) is 10.0. The second-order valence-electron chi connectivity index (χ2n) is 7.16. The molecule has 2 amide bonds. The molecule has 154 valence electrons. The number of halogens is 2. The molecule has 1 fully saturated rings. The van der Waals surface area contributed by atoms with Crippen molar-refractivity contribution in [2.24, 2.45) is 0 Å². The van der Waals surface area contributed by atoms with Crippen molar-refractivity contribution in [3.63, 3.8) is 0 Å². The quantitative estimate of drug-likeness (QED) is 0.574. The van der Waals surface area contributed by atoms with Crippen LogP contribution in [-0.2, 0) is 16.0 Å². The summed E-state index contributed by atoms with van der Waals surface area (Å²) in [5.41, 5.74) is 2.44. The standard InChI is InChI=1S/C22H25F2N3O2/c23-19-11-8-17(15-20(19)24)26-22(29)21(28)25-12-4-5-16-6-9-18(10-7-16)27-13-2-1-3-14-27/h6-11,15H,1-5,12-14H2,(H,25,28)(H,26,29). The van der Waals surface area contributed by atoms with E-state index in [0.29, 0.717) is 13.0 Å². The fourth-order valence-corrected chi connectivity index (χ4v) is 3.36. The van der Waals surface area contributed by atoms with Gasteiger partial charge in [0.25, 0.3) is 0 Å². The predicted octanol–water partition coefficient (Wildman–Crippen LogP) is 3.64. The van der Waals surface area contributed by atoms with Crippen LogP contribution in [0.3, 0.4) is 0 Å². The lowest BCUT2D eigenvalue weighted by Crippen LogP contribution is -2.36. The summed E-state index contributed by atoms with van der Waals surface area (Å²) >= 11 is 0. The number of carbonyl (C=O) groups excluding carboxylic acids is 2. The van der Waals surface area contributed by atoms with Gasteiger partial charge in [0.2, 0.25) is 0 Å². The highest BCUT2D eigenvalue weighted by Gasteiger charge is 2.14. The van der Waals surface area contributed by atoms with Crippen LogP contribution in [0.2, 0.25) is 0 Å². The number of amides is 2. The fourth-order valence-electron chi connectivity index (χ4n) is 3.36. The molecule has 1 heterocycles. The molecule has 0 saturated carbocycles. The molecule has 0 spiro atoms. The number of nitrogens with zero attached hydrogens (tertiary/aromatic N) is 1. The Morgan fingerprint density at radius 1 is 0.897 bits per heavy atom. The molecule has 29 heavy (non-hydrogen) atoms. The van der Waals surface area contributed by atoms with Crippen LogP contribution in [0.1, 0.15) is 31.2 Å². The van der Waals surface area contributed by atoms with E-state index in [4.69, 9.17) is 0 Å². The number of anilines is 2. The van der Waals surface area contributed by atoms with Gasteiger partial charge in [-0.15, -0.1) is 0 Å². The SMILES string of the molecule is O=C(NCCCc1ccc(N2CCCCC2)cc1)C(=O)Nc1ccc(F)c(F)c1. The van der Waals surface area contributed by atoms with Crippen molar-refractivity contribution in [3.05, 3.63) is 59.7 Å². The summed E-state index contributed by atoms with van der Waals surface area (Å²) in [6.45, 7) is 2.56. The van der Waals surface area contributed by atoms with Crippen LogP contribution < -0.4 is 15.5 Å². The maximum Gasteiger partial charge on any atom is 0.313 e. The molecular weight excluding hydrogens is 376 g/mol. The summed E-state index contributed by atoms with van der Waals surface area (Å²) in [7, 11) is 0. The number of benzene rings is 2. The predicted molar refractivity (Wildman–Crippen MR) is 109 cm³/mol. The van der Waals surface area contributed by atoms with Crippen LogP contribution in [0.25, 0.3) is 0 Å². The zero-order chi connectivity index (χ0) is 20.6. The van der Waals surface area contributed by atoms with Crippen LogP contribution in [0.15, 0.2) is 42.5 Å². The van der Waals surface area contributed by atoms with E-state index in [2.05, 4.69) is 39.8 Å². The lowest BCUT2D eigenvalue weighted by Gasteiger charge is -2.28. The molecule has 2 aromatic carbocycles. The molecule has 1 aliphatic heterocycles. The van der Waals surface area contributed by atoms with Gasteiger partial charge in [-0.05, 0) is 61.9 Å². The molecule has 3 rings (SSSR count). The Bertz CT molecular complexity index is 850. The highest BCUT2D eigenvalue weighted by molar-refractivity contribution is 6.39. The zero-order valence-corrected chi connectivity index (χ0v) is 16.2. The number of nitrogens with one attached hydrogen (secondary N) is 2. The van der Waals surface area contributed by atoms with Crippen molar-refractivity contribution < 1.29 is 18.4 Å². The van der Waals surface area contributed by atoms with Crippen molar-refractivity contribution in [1.29, 1.82) is 0 Å². The summed E-state index contributed by atoms with van der Waals surface area (Å²) < 4.78 is 26.0. The molecule has 0 atom stereocenters. The van der Waals surface area contributed by atoms with Gasteiger partial charge in [0, 0.05) is 37.1 Å². The number of rotatable bonds is 6. The van der Waals surface area contributed by atoms with Crippen molar-refractivity contribution >= 4 is 23.2 Å². The molecular formula is C22H25F2N3O2. The Balaban J connectivity index is 1.38. The molecule has 0 bridgehead atoms. The summed E-state index contributed by atoms with van der Waals surface area (Å²) in [6, 6.07) is 11.4. The average Bonchev–Trinajstić information content (AvgIpc) is 2.74. The molecule has 1 saturated heterocycles. The topological polar surface area (TPSA) is 61.4 Å². The molecule has 2 N–H and O–H groups in total. The van der Waals surface area contributed by atoms with Gasteiger partial charge in [-0.2, -0.15) is 0 Å². The normalized spacial score (nSPS) is 13.8. The average molecular weight is 401 g/mol. The van der Waals surface area contributed by atoms with E-state index >= 15 is 0 Å². The van der Waals surface area contributed by atoms with Gasteiger partial charge in [-0.3, -0.25) is 9.59 Å². The van der Waals surface area contributed by atoms with E-state index in [1.165, 1.54) is 36.6 Å². The third-order valence-corrected chi connectivity index (χ3v) is 4.97. The van der Waals surface area contributed by atoms with Gasteiger partial charge in [0.05, 0.1) is 0 Å². The van der Waals surface area contributed by atoms with Crippen LogP contribution in [0.4, 0.5) is 20.2 Å². The molecule has 0 radical (unpaired) electrons. The maximum atomic E-state index is 13.1. The second-order valence-corrected chi connectivity index (χ2v) is 7.16. The minimum Gasteiger partial charge on any atom is -0.372 e. The highest BCUT2D eigenvalue weighted by Crippen LogP contribution is 2.20.